The topological polar surface area (TPSA) is 91.1 Å². The molecule has 7 heteroatoms. The molecular weight excluding hydrogens is 366 g/mol. The van der Waals surface area contributed by atoms with Gasteiger partial charge in [-0.25, -0.2) is 9.97 Å². The first kappa shape index (κ1) is 21.0. The minimum Gasteiger partial charge on any atom is -0.372 e. The van der Waals surface area contributed by atoms with Crippen LogP contribution >= 0.6 is 0 Å². The number of aromatic nitrogens is 2. The van der Waals surface area contributed by atoms with Crippen molar-refractivity contribution in [1.29, 1.82) is 5.26 Å². The molecule has 0 radical (unpaired) electrons. The van der Waals surface area contributed by atoms with Gasteiger partial charge in [0.2, 0.25) is 5.91 Å². The summed E-state index contributed by atoms with van der Waals surface area (Å²) in [5.74, 6) is -0.720. The molecule has 154 valence electrons. The number of carbonyl (C=O) groups is 1. The van der Waals surface area contributed by atoms with E-state index in [2.05, 4.69) is 23.2 Å². The second-order valence-electron chi connectivity index (χ2n) is 7.64. The average Bonchev–Trinajstić information content (AvgIpc) is 2.70. The van der Waals surface area contributed by atoms with Gasteiger partial charge in [0.15, 0.2) is 11.7 Å². The molecule has 0 unspecified atom stereocenters. The van der Waals surface area contributed by atoms with E-state index >= 15 is 0 Å². The van der Waals surface area contributed by atoms with Crippen LogP contribution in [-0.2, 0) is 9.53 Å². The number of carbonyl (C=O) groups excluding carboxylic acids is 1. The van der Waals surface area contributed by atoms with Gasteiger partial charge in [0, 0.05) is 19.6 Å². The molecule has 0 aliphatic carbocycles. The summed E-state index contributed by atoms with van der Waals surface area (Å²) >= 11 is 0. The van der Waals surface area contributed by atoms with Gasteiger partial charge in [-0.05, 0) is 32.4 Å². The largest absolute Gasteiger partial charge is 0.372 e. The monoisotopic (exact) mass is 395 g/mol. The molecule has 1 aliphatic rings. The number of nitriles is 1. The zero-order valence-corrected chi connectivity index (χ0v) is 17.4. The summed E-state index contributed by atoms with van der Waals surface area (Å²) in [4.78, 5) is 24.4. The van der Waals surface area contributed by atoms with Crippen LogP contribution in [0.3, 0.4) is 0 Å². The number of nitrogens with zero attached hydrogens (tertiary/aromatic N) is 4. The third-order valence-electron chi connectivity index (χ3n) is 5.04. The lowest BCUT2D eigenvalue weighted by Gasteiger charge is -2.37. The van der Waals surface area contributed by atoms with Crippen LogP contribution in [-0.4, -0.2) is 47.7 Å². The van der Waals surface area contributed by atoms with Gasteiger partial charge in [0.25, 0.3) is 0 Å². The highest BCUT2D eigenvalue weighted by molar-refractivity contribution is 5.88. The van der Waals surface area contributed by atoms with E-state index in [9.17, 15) is 10.1 Å². The number of ether oxygens (including phenoxy) is 1. The highest BCUT2D eigenvalue weighted by atomic mass is 16.5. The van der Waals surface area contributed by atoms with Gasteiger partial charge in [0.1, 0.15) is 5.69 Å². The summed E-state index contributed by atoms with van der Waals surface area (Å²) in [6.45, 7) is 7.98. The number of amides is 1. The van der Waals surface area contributed by atoms with Gasteiger partial charge in [-0.3, -0.25) is 4.79 Å². The van der Waals surface area contributed by atoms with Crippen LogP contribution in [0.4, 0.5) is 5.82 Å². The molecule has 0 spiro atoms. The van der Waals surface area contributed by atoms with Gasteiger partial charge in [-0.2, -0.15) is 5.26 Å². The van der Waals surface area contributed by atoms with Crippen molar-refractivity contribution in [3.63, 3.8) is 0 Å². The Morgan fingerprint density at radius 3 is 2.52 bits per heavy atom. The van der Waals surface area contributed by atoms with Gasteiger partial charge in [-0.15, -0.1) is 0 Å². The zero-order valence-electron chi connectivity index (χ0n) is 17.4. The third-order valence-corrected chi connectivity index (χ3v) is 5.04. The molecule has 2 aromatic rings. The molecule has 0 bridgehead atoms. The number of hydrogen-bond donors (Lipinski definition) is 1. The first-order valence-corrected chi connectivity index (χ1v) is 10.4. The molecule has 7 nitrogen and oxygen atoms in total. The number of rotatable bonds is 7. The minimum absolute atomic E-state index is 0.0308. The SMILES string of the molecule is CCCCCNC(=O)[C@@H](C#N)c1nc2ccccc2nc1N1C[C@@H](C)O[C@H](C)C1. The van der Waals surface area contributed by atoms with Crippen LogP contribution in [0.1, 0.15) is 51.6 Å². The lowest BCUT2D eigenvalue weighted by Crippen LogP contribution is -2.46. The van der Waals surface area contributed by atoms with Crippen molar-refractivity contribution in [3.8, 4) is 6.07 Å². The van der Waals surface area contributed by atoms with Crippen LogP contribution in [0, 0.1) is 11.3 Å². The lowest BCUT2D eigenvalue weighted by molar-refractivity contribution is -0.121. The highest BCUT2D eigenvalue weighted by Gasteiger charge is 2.31. The van der Waals surface area contributed by atoms with E-state index in [-0.39, 0.29) is 18.1 Å². The molecule has 1 saturated heterocycles. The Balaban J connectivity index is 1.97. The van der Waals surface area contributed by atoms with E-state index in [1.165, 1.54) is 0 Å². The van der Waals surface area contributed by atoms with Crippen molar-refractivity contribution < 1.29 is 9.53 Å². The second kappa shape index (κ2) is 9.66. The maximum absolute atomic E-state index is 12.8. The van der Waals surface area contributed by atoms with Crippen molar-refractivity contribution in [3.05, 3.63) is 30.0 Å². The van der Waals surface area contributed by atoms with Crippen LogP contribution in [0.25, 0.3) is 11.0 Å². The van der Waals surface area contributed by atoms with E-state index in [0.717, 1.165) is 24.8 Å². The Morgan fingerprint density at radius 2 is 1.90 bits per heavy atom. The maximum atomic E-state index is 12.8. The Kier molecular flexibility index (Phi) is 6.99. The van der Waals surface area contributed by atoms with E-state index in [1.807, 2.05) is 38.1 Å². The number of hydrogen-bond acceptors (Lipinski definition) is 6. The summed E-state index contributed by atoms with van der Waals surface area (Å²) < 4.78 is 5.84. The molecule has 0 saturated carbocycles. The van der Waals surface area contributed by atoms with E-state index in [0.29, 0.717) is 36.7 Å². The number of anilines is 1. The molecule has 1 aromatic carbocycles. The fourth-order valence-electron chi connectivity index (χ4n) is 3.71. The fraction of sp³-hybridized carbons (Fsp3) is 0.545. The maximum Gasteiger partial charge on any atom is 0.243 e. The number of fused-ring (bicyclic) bond motifs is 1. The lowest BCUT2D eigenvalue weighted by atomic mass is 10.0. The Hall–Kier alpha value is -2.72. The minimum atomic E-state index is -1.00. The Bertz CT molecular complexity index is 884. The quantitative estimate of drug-likeness (QED) is 0.724. The Morgan fingerprint density at radius 1 is 1.24 bits per heavy atom. The first-order chi connectivity index (χ1) is 14.0. The normalized spacial score (nSPS) is 20.3. The standard InChI is InChI=1S/C22H29N5O2/c1-4-5-8-11-24-22(28)17(12-23)20-21(27-13-15(2)29-16(3)14-27)26-19-10-7-6-9-18(19)25-20/h6-7,9-10,15-17H,4-5,8,11,13-14H2,1-3H3,(H,24,28)/t15-,16-,17+/m1/s1. The van der Waals surface area contributed by atoms with Crippen LogP contribution in [0.5, 0.6) is 0 Å². The summed E-state index contributed by atoms with van der Waals surface area (Å²) in [7, 11) is 0. The number of morpholine rings is 1. The second-order valence-corrected chi connectivity index (χ2v) is 7.64. The zero-order chi connectivity index (χ0) is 20.8. The fourth-order valence-corrected chi connectivity index (χ4v) is 3.71. The van der Waals surface area contributed by atoms with Gasteiger partial charge >= 0.3 is 0 Å². The molecule has 29 heavy (non-hydrogen) atoms. The summed E-state index contributed by atoms with van der Waals surface area (Å²) in [6.07, 6.45) is 3.08. The van der Waals surface area contributed by atoms with Crippen molar-refractivity contribution in [2.45, 2.75) is 58.2 Å². The van der Waals surface area contributed by atoms with Gasteiger partial charge in [0.05, 0.1) is 29.3 Å². The predicted molar refractivity (Wildman–Crippen MR) is 113 cm³/mol. The highest BCUT2D eigenvalue weighted by Crippen LogP contribution is 2.29. The first-order valence-electron chi connectivity index (χ1n) is 10.4. The Labute approximate surface area is 172 Å². The number of nitrogens with one attached hydrogen (secondary N) is 1. The molecule has 1 aliphatic heterocycles. The number of unbranched alkanes of at least 4 members (excludes halogenated alkanes) is 2. The van der Waals surface area contributed by atoms with Gasteiger partial charge < -0.3 is 15.0 Å². The van der Waals surface area contributed by atoms with Crippen LogP contribution < -0.4 is 10.2 Å². The molecule has 1 aromatic heterocycles. The molecule has 1 fully saturated rings. The summed E-state index contributed by atoms with van der Waals surface area (Å²) in [5.41, 5.74) is 1.85. The van der Waals surface area contributed by atoms with E-state index < -0.39 is 5.92 Å². The molecule has 1 amide bonds. The molecule has 3 atom stereocenters. The van der Waals surface area contributed by atoms with Crippen molar-refractivity contribution in [2.24, 2.45) is 0 Å². The van der Waals surface area contributed by atoms with E-state index in [1.54, 1.807) is 0 Å². The number of benzene rings is 1. The van der Waals surface area contributed by atoms with Crippen molar-refractivity contribution >= 4 is 22.8 Å². The van der Waals surface area contributed by atoms with Gasteiger partial charge in [-0.1, -0.05) is 31.9 Å². The average molecular weight is 396 g/mol. The van der Waals surface area contributed by atoms with E-state index in [4.69, 9.17) is 14.7 Å². The smallest absolute Gasteiger partial charge is 0.243 e. The van der Waals surface area contributed by atoms with Crippen LogP contribution in [0.15, 0.2) is 24.3 Å². The van der Waals surface area contributed by atoms with Crippen molar-refractivity contribution in [1.82, 2.24) is 15.3 Å². The third kappa shape index (κ3) is 5.01. The molecule has 1 N–H and O–H groups in total. The molecule has 3 rings (SSSR count). The summed E-state index contributed by atoms with van der Waals surface area (Å²) in [6, 6.07) is 9.70. The van der Waals surface area contributed by atoms with Crippen molar-refractivity contribution in [2.75, 3.05) is 24.5 Å². The van der Waals surface area contributed by atoms with Crippen LogP contribution in [0.2, 0.25) is 0 Å². The summed E-state index contributed by atoms with van der Waals surface area (Å²) in [5, 5.41) is 12.7. The molecular formula is C22H29N5O2. The predicted octanol–water partition coefficient (Wildman–Crippen LogP) is 3.16. The number of para-hydroxylation sites is 2. The molecule has 2 heterocycles.